The molecule has 0 unspecified atom stereocenters. The molecule has 0 heterocycles. The fraction of sp³-hybridized carbons (Fsp3) is 0.562. The first kappa shape index (κ1) is 15.0. The van der Waals surface area contributed by atoms with Gasteiger partial charge in [-0.1, -0.05) is 24.3 Å². The van der Waals surface area contributed by atoms with Gasteiger partial charge in [0.15, 0.2) is 0 Å². The Morgan fingerprint density at radius 2 is 2.05 bits per heavy atom. The molecule has 0 atom stereocenters. The minimum atomic E-state index is -0.781. The molecule has 2 N–H and O–H groups in total. The van der Waals surface area contributed by atoms with Gasteiger partial charge in [0, 0.05) is 26.8 Å². The minimum absolute atomic E-state index is 0.0900. The molecule has 110 valence electrons. The molecule has 0 bridgehead atoms. The molecular formula is C16H23NO3. The fourth-order valence-electron chi connectivity index (χ4n) is 2.54. The molecule has 4 nitrogen and oxygen atoms in total. The van der Waals surface area contributed by atoms with E-state index >= 15 is 0 Å². The Balaban J connectivity index is 1.83. The highest BCUT2D eigenvalue weighted by molar-refractivity contribution is 5.70. The molecule has 1 aromatic rings. The van der Waals surface area contributed by atoms with Gasteiger partial charge in [0.25, 0.3) is 0 Å². The average Bonchev–Trinajstić information content (AvgIpc) is 3.18. The molecule has 0 aliphatic heterocycles. The van der Waals surface area contributed by atoms with Crippen LogP contribution in [0.1, 0.15) is 30.4 Å². The van der Waals surface area contributed by atoms with Gasteiger partial charge in [0.2, 0.25) is 0 Å². The number of carbonyl (C=O) groups is 1. The standard InChI is InChI=1S/C16H23NO3/c1-20-9-8-16(6-7-16)12-17-11-14-5-3-2-4-13(14)10-15(18)19/h2-5,17H,6-12H2,1H3,(H,18,19). The van der Waals surface area contributed by atoms with Crippen LogP contribution in [0.25, 0.3) is 0 Å². The summed E-state index contributed by atoms with van der Waals surface area (Å²) in [4.78, 5) is 10.8. The average molecular weight is 277 g/mol. The molecule has 0 spiro atoms. The summed E-state index contributed by atoms with van der Waals surface area (Å²) in [5.74, 6) is -0.781. The third-order valence-corrected chi connectivity index (χ3v) is 4.07. The maximum Gasteiger partial charge on any atom is 0.307 e. The van der Waals surface area contributed by atoms with E-state index in [-0.39, 0.29) is 6.42 Å². The zero-order chi connectivity index (χ0) is 14.4. The molecule has 1 aliphatic rings. The van der Waals surface area contributed by atoms with Crippen LogP contribution in [0.4, 0.5) is 0 Å². The predicted octanol–water partition coefficient (Wildman–Crippen LogP) is 2.22. The van der Waals surface area contributed by atoms with Gasteiger partial charge in [-0.15, -0.1) is 0 Å². The Morgan fingerprint density at radius 3 is 2.65 bits per heavy atom. The van der Waals surface area contributed by atoms with Gasteiger partial charge in [-0.3, -0.25) is 4.79 Å². The highest BCUT2D eigenvalue weighted by atomic mass is 16.5. The quantitative estimate of drug-likeness (QED) is 0.726. The second kappa shape index (κ2) is 6.86. The van der Waals surface area contributed by atoms with Crippen LogP contribution in [0, 0.1) is 5.41 Å². The number of methoxy groups -OCH3 is 1. The minimum Gasteiger partial charge on any atom is -0.481 e. The maximum atomic E-state index is 10.8. The third-order valence-electron chi connectivity index (χ3n) is 4.07. The molecule has 0 amide bonds. The fourth-order valence-corrected chi connectivity index (χ4v) is 2.54. The number of benzene rings is 1. The van der Waals surface area contributed by atoms with Crippen molar-refractivity contribution < 1.29 is 14.6 Å². The topological polar surface area (TPSA) is 58.6 Å². The summed E-state index contributed by atoms with van der Waals surface area (Å²) in [5.41, 5.74) is 2.39. The van der Waals surface area contributed by atoms with Crippen molar-refractivity contribution in [2.45, 2.75) is 32.2 Å². The van der Waals surface area contributed by atoms with E-state index in [0.717, 1.165) is 37.2 Å². The Morgan fingerprint density at radius 1 is 1.35 bits per heavy atom. The van der Waals surface area contributed by atoms with Crippen molar-refractivity contribution in [1.29, 1.82) is 0 Å². The van der Waals surface area contributed by atoms with E-state index in [0.29, 0.717) is 5.41 Å². The maximum absolute atomic E-state index is 10.8. The Bertz CT molecular complexity index is 455. The second-order valence-corrected chi connectivity index (χ2v) is 5.69. The highest BCUT2D eigenvalue weighted by Gasteiger charge is 2.41. The third kappa shape index (κ3) is 4.32. The Labute approximate surface area is 120 Å². The SMILES string of the molecule is COCCC1(CNCc2ccccc2CC(=O)O)CC1. The van der Waals surface area contributed by atoms with Crippen LogP contribution in [-0.2, 0) is 22.5 Å². The van der Waals surface area contributed by atoms with Gasteiger partial charge in [0.05, 0.1) is 6.42 Å². The van der Waals surface area contributed by atoms with Crippen LogP contribution in [0.5, 0.6) is 0 Å². The lowest BCUT2D eigenvalue weighted by Gasteiger charge is -2.16. The van der Waals surface area contributed by atoms with Crippen molar-refractivity contribution in [1.82, 2.24) is 5.32 Å². The smallest absolute Gasteiger partial charge is 0.307 e. The number of ether oxygens (including phenoxy) is 1. The van der Waals surface area contributed by atoms with E-state index < -0.39 is 5.97 Å². The van der Waals surface area contributed by atoms with Gasteiger partial charge < -0.3 is 15.2 Å². The van der Waals surface area contributed by atoms with Crippen LogP contribution < -0.4 is 5.32 Å². The van der Waals surface area contributed by atoms with Gasteiger partial charge >= 0.3 is 5.97 Å². The molecule has 1 fully saturated rings. The van der Waals surface area contributed by atoms with Crippen molar-refractivity contribution in [2.24, 2.45) is 5.41 Å². The van der Waals surface area contributed by atoms with E-state index in [1.54, 1.807) is 7.11 Å². The van der Waals surface area contributed by atoms with Crippen molar-refractivity contribution in [3.05, 3.63) is 35.4 Å². The predicted molar refractivity (Wildman–Crippen MR) is 77.6 cm³/mol. The number of carboxylic acids is 1. The van der Waals surface area contributed by atoms with Gasteiger partial charge in [-0.25, -0.2) is 0 Å². The first-order chi connectivity index (χ1) is 9.65. The summed E-state index contributed by atoms with van der Waals surface area (Å²) in [6, 6.07) is 7.74. The Hall–Kier alpha value is -1.39. The van der Waals surface area contributed by atoms with Crippen LogP contribution in [-0.4, -0.2) is 31.3 Å². The van der Waals surface area contributed by atoms with E-state index in [9.17, 15) is 4.79 Å². The van der Waals surface area contributed by atoms with E-state index in [4.69, 9.17) is 9.84 Å². The van der Waals surface area contributed by atoms with Crippen LogP contribution in [0.3, 0.4) is 0 Å². The molecule has 1 aliphatic carbocycles. The molecule has 1 aromatic carbocycles. The van der Waals surface area contributed by atoms with Crippen LogP contribution in [0.15, 0.2) is 24.3 Å². The lowest BCUT2D eigenvalue weighted by atomic mass is 10.0. The molecule has 0 aromatic heterocycles. The molecule has 1 saturated carbocycles. The normalized spacial score (nSPS) is 16.1. The largest absolute Gasteiger partial charge is 0.481 e. The van der Waals surface area contributed by atoms with E-state index in [1.165, 1.54) is 12.8 Å². The molecule has 0 radical (unpaired) electrons. The summed E-state index contributed by atoms with van der Waals surface area (Å²) >= 11 is 0. The number of aliphatic carboxylic acids is 1. The van der Waals surface area contributed by atoms with Crippen molar-refractivity contribution in [3.8, 4) is 0 Å². The van der Waals surface area contributed by atoms with E-state index in [2.05, 4.69) is 5.32 Å². The summed E-state index contributed by atoms with van der Waals surface area (Å²) < 4.78 is 5.15. The zero-order valence-corrected chi connectivity index (χ0v) is 12.0. The molecule has 20 heavy (non-hydrogen) atoms. The van der Waals surface area contributed by atoms with E-state index in [1.807, 2.05) is 24.3 Å². The van der Waals surface area contributed by atoms with Crippen molar-refractivity contribution in [2.75, 3.05) is 20.3 Å². The van der Waals surface area contributed by atoms with Gasteiger partial charge in [0.1, 0.15) is 0 Å². The first-order valence-corrected chi connectivity index (χ1v) is 7.13. The summed E-state index contributed by atoms with van der Waals surface area (Å²) in [6.45, 7) is 2.53. The highest BCUT2D eigenvalue weighted by Crippen LogP contribution is 2.48. The van der Waals surface area contributed by atoms with Crippen LogP contribution >= 0.6 is 0 Å². The summed E-state index contributed by atoms with van der Waals surface area (Å²) in [5, 5.41) is 12.4. The number of hydrogen-bond donors (Lipinski definition) is 2. The zero-order valence-electron chi connectivity index (χ0n) is 12.0. The number of nitrogens with one attached hydrogen (secondary N) is 1. The molecule has 0 saturated heterocycles. The molecular weight excluding hydrogens is 254 g/mol. The number of rotatable bonds is 9. The Kier molecular flexibility index (Phi) is 5.15. The first-order valence-electron chi connectivity index (χ1n) is 7.13. The summed E-state index contributed by atoms with van der Waals surface area (Å²) in [6.07, 6.45) is 3.72. The number of carboxylic acid groups (broad SMARTS) is 1. The van der Waals surface area contributed by atoms with Gasteiger partial charge in [-0.05, 0) is 35.8 Å². The molecule has 4 heteroatoms. The molecule has 2 rings (SSSR count). The van der Waals surface area contributed by atoms with Crippen molar-refractivity contribution >= 4 is 5.97 Å². The van der Waals surface area contributed by atoms with Crippen molar-refractivity contribution in [3.63, 3.8) is 0 Å². The van der Waals surface area contributed by atoms with Crippen LogP contribution in [0.2, 0.25) is 0 Å². The lowest BCUT2D eigenvalue weighted by Crippen LogP contribution is -2.25. The second-order valence-electron chi connectivity index (χ2n) is 5.69. The number of hydrogen-bond acceptors (Lipinski definition) is 3. The summed E-state index contributed by atoms with van der Waals surface area (Å²) in [7, 11) is 1.74. The van der Waals surface area contributed by atoms with Gasteiger partial charge in [-0.2, -0.15) is 0 Å². The lowest BCUT2D eigenvalue weighted by molar-refractivity contribution is -0.136. The monoisotopic (exact) mass is 277 g/mol.